The molecule has 1 atom stereocenters. The van der Waals surface area contributed by atoms with Crippen LogP contribution in [0.25, 0.3) is 0 Å². The average Bonchev–Trinajstić information content (AvgIpc) is 3.47. The van der Waals surface area contributed by atoms with Gasteiger partial charge in [-0.1, -0.05) is 380 Å². The first kappa shape index (κ1) is 79.2. The van der Waals surface area contributed by atoms with Gasteiger partial charge in [0.1, 0.15) is 13.2 Å². The minimum atomic E-state index is -0.768. The van der Waals surface area contributed by atoms with Crippen molar-refractivity contribution in [3.05, 3.63) is 12.2 Å². The normalized spacial score (nSPS) is 12.0. The molecule has 0 aliphatic rings. The lowest BCUT2D eigenvalue weighted by Gasteiger charge is -2.18. The van der Waals surface area contributed by atoms with E-state index in [2.05, 4.69) is 32.9 Å². The molecule has 0 saturated carbocycles. The van der Waals surface area contributed by atoms with Crippen molar-refractivity contribution in [1.29, 1.82) is 0 Å². The van der Waals surface area contributed by atoms with Crippen LogP contribution in [0.2, 0.25) is 0 Å². The summed E-state index contributed by atoms with van der Waals surface area (Å²) >= 11 is 0. The van der Waals surface area contributed by atoms with Crippen molar-refractivity contribution in [3.8, 4) is 0 Å². The van der Waals surface area contributed by atoms with E-state index in [4.69, 9.17) is 14.2 Å². The Morgan fingerprint density at radius 1 is 0.235 bits per heavy atom. The van der Waals surface area contributed by atoms with Gasteiger partial charge in [0.05, 0.1) is 0 Å². The van der Waals surface area contributed by atoms with Crippen molar-refractivity contribution in [2.24, 2.45) is 0 Å². The molecule has 0 aromatic heterocycles. The molecule has 81 heavy (non-hydrogen) atoms. The Balaban J connectivity index is 4.20. The number of allylic oxidation sites excluding steroid dienone is 2. The first-order valence-electron chi connectivity index (χ1n) is 37.2. The van der Waals surface area contributed by atoms with E-state index >= 15 is 0 Å². The molecule has 0 bridgehead atoms. The molecular weight excluding hydrogens is 997 g/mol. The van der Waals surface area contributed by atoms with Gasteiger partial charge in [-0.05, 0) is 44.9 Å². The molecule has 480 valence electrons. The van der Waals surface area contributed by atoms with Crippen LogP contribution in [0.5, 0.6) is 0 Å². The Morgan fingerprint density at radius 2 is 0.407 bits per heavy atom. The molecule has 6 heteroatoms. The molecular formula is C75H144O6. The maximum atomic E-state index is 13.0. The van der Waals surface area contributed by atoms with E-state index in [9.17, 15) is 14.4 Å². The number of unbranched alkanes of at least 4 members (excludes halogenated alkanes) is 57. The van der Waals surface area contributed by atoms with Crippen LogP contribution in [0.3, 0.4) is 0 Å². The summed E-state index contributed by atoms with van der Waals surface area (Å²) in [7, 11) is 0. The summed E-state index contributed by atoms with van der Waals surface area (Å²) in [6.07, 6.45) is 85.4. The molecule has 0 aromatic rings. The lowest BCUT2D eigenvalue weighted by atomic mass is 10.0. The van der Waals surface area contributed by atoms with Crippen LogP contribution in [0, 0.1) is 0 Å². The van der Waals surface area contributed by atoms with Gasteiger partial charge < -0.3 is 14.2 Å². The molecule has 0 aromatic carbocycles. The van der Waals surface area contributed by atoms with Crippen LogP contribution in [0.15, 0.2) is 12.2 Å². The minimum absolute atomic E-state index is 0.0636. The highest BCUT2D eigenvalue weighted by atomic mass is 16.6. The van der Waals surface area contributed by atoms with E-state index in [0.29, 0.717) is 19.3 Å². The molecule has 0 fully saturated rings. The zero-order valence-corrected chi connectivity index (χ0v) is 55.4. The number of hydrogen-bond donors (Lipinski definition) is 0. The molecule has 6 nitrogen and oxygen atoms in total. The molecule has 0 heterocycles. The third kappa shape index (κ3) is 68.8. The Morgan fingerprint density at radius 3 is 0.617 bits per heavy atom. The van der Waals surface area contributed by atoms with Crippen molar-refractivity contribution in [2.45, 2.75) is 438 Å². The third-order valence-electron chi connectivity index (χ3n) is 17.3. The van der Waals surface area contributed by atoms with Crippen LogP contribution < -0.4 is 0 Å². The van der Waals surface area contributed by atoms with Gasteiger partial charge >= 0.3 is 17.9 Å². The van der Waals surface area contributed by atoms with Crippen molar-refractivity contribution in [1.82, 2.24) is 0 Å². The standard InChI is InChI=1S/C75H144O6/c1-4-7-10-13-16-19-22-25-28-31-33-34-35-36-37-38-39-40-41-43-44-47-50-53-56-59-62-65-68-74(77)80-71-72(70-79-73(76)67-64-61-58-55-52-49-46-30-27-24-21-18-15-12-9-6-3)81-75(78)69-66-63-60-57-54-51-48-45-42-32-29-26-23-20-17-14-11-8-5-2/h26,29,72H,4-25,27-28,30-71H2,1-3H3/b29-26-. The van der Waals surface area contributed by atoms with E-state index < -0.39 is 6.10 Å². The molecule has 0 aliphatic carbocycles. The zero-order chi connectivity index (χ0) is 58.5. The second kappa shape index (κ2) is 70.6. The quantitative estimate of drug-likeness (QED) is 0.0261. The maximum absolute atomic E-state index is 13.0. The number of carbonyl (C=O) groups excluding carboxylic acids is 3. The van der Waals surface area contributed by atoms with Crippen LogP contribution in [-0.2, 0) is 28.6 Å². The van der Waals surface area contributed by atoms with E-state index in [0.717, 1.165) is 57.8 Å². The predicted octanol–water partition coefficient (Wildman–Crippen LogP) is 25.6. The van der Waals surface area contributed by atoms with Gasteiger partial charge in [-0.2, -0.15) is 0 Å². The fourth-order valence-corrected chi connectivity index (χ4v) is 11.7. The molecule has 0 spiro atoms. The lowest BCUT2D eigenvalue weighted by molar-refractivity contribution is -0.167. The highest BCUT2D eigenvalue weighted by Crippen LogP contribution is 2.19. The number of rotatable bonds is 70. The molecule has 0 rings (SSSR count). The summed E-state index contributed by atoms with van der Waals surface area (Å²) in [5.41, 5.74) is 0. The molecule has 0 N–H and O–H groups in total. The van der Waals surface area contributed by atoms with Gasteiger partial charge in [-0.15, -0.1) is 0 Å². The largest absolute Gasteiger partial charge is 0.462 e. The lowest BCUT2D eigenvalue weighted by Crippen LogP contribution is -2.30. The molecule has 0 amide bonds. The molecule has 0 radical (unpaired) electrons. The fourth-order valence-electron chi connectivity index (χ4n) is 11.7. The van der Waals surface area contributed by atoms with Crippen LogP contribution in [-0.4, -0.2) is 37.2 Å². The first-order valence-corrected chi connectivity index (χ1v) is 37.2. The van der Waals surface area contributed by atoms with Crippen molar-refractivity contribution >= 4 is 17.9 Å². The smallest absolute Gasteiger partial charge is 0.306 e. The van der Waals surface area contributed by atoms with Crippen molar-refractivity contribution in [3.63, 3.8) is 0 Å². The Labute approximate surface area is 507 Å². The minimum Gasteiger partial charge on any atom is -0.462 e. The summed E-state index contributed by atoms with van der Waals surface area (Å²) in [6, 6.07) is 0. The number of esters is 3. The van der Waals surface area contributed by atoms with Gasteiger partial charge in [0.15, 0.2) is 6.10 Å². The van der Waals surface area contributed by atoms with E-state index in [1.165, 1.54) is 334 Å². The zero-order valence-electron chi connectivity index (χ0n) is 55.4. The number of ether oxygens (including phenoxy) is 3. The second-order valence-corrected chi connectivity index (χ2v) is 25.6. The monoisotopic (exact) mass is 1140 g/mol. The average molecular weight is 1140 g/mol. The SMILES string of the molecule is CCCCCCCC/C=C\CCCCCCCCCCCC(=O)OC(COC(=O)CCCCCCCCCCCCCCCCCC)COC(=O)CCCCCCCCCCCCCCCCCCCCCCCCCCCCCC. The Kier molecular flexibility index (Phi) is 69.0. The highest BCUT2D eigenvalue weighted by Gasteiger charge is 2.20. The summed E-state index contributed by atoms with van der Waals surface area (Å²) in [6.45, 7) is 6.74. The summed E-state index contributed by atoms with van der Waals surface area (Å²) in [5.74, 6) is -0.827. The predicted molar refractivity (Wildman–Crippen MR) is 353 cm³/mol. The van der Waals surface area contributed by atoms with Gasteiger partial charge in [-0.3, -0.25) is 14.4 Å². The molecule has 0 saturated heterocycles. The molecule has 1 unspecified atom stereocenters. The van der Waals surface area contributed by atoms with E-state index in [1.54, 1.807) is 0 Å². The van der Waals surface area contributed by atoms with Crippen LogP contribution in [0.1, 0.15) is 432 Å². The Bertz CT molecular complexity index is 1260. The van der Waals surface area contributed by atoms with Gasteiger partial charge in [0.2, 0.25) is 0 Å². The summed E-state index contributed by atoms with van der Waals surface area (Å²) < 4.78 is 17.0. The topological polar surface area (TPSA) is 78.9 Å². The second-order valence-electron chi connectivity index (χ2n) is 25.6. The third-order valence-corrected chi connectivity index (χ3v) is 17.3. The van der Waals surface area contributed by atoms with Crippen molar-refractivity contribution in [2.75, 3.05) is 13.2 Å². The van der Waals surface area contributed by atoms with Gasteiger partial charge in [-0.25, -0.2) is 0 Å². The fraction of sp³-hybridized carbons (Fsp3) is 0.933. The van der Waals surface area contributed by atoms with E-state index in [-0.39, 0.29) is 31.1 Å². The molecule has 0 aliphatic heterocycles. The highest BCUT2D eigenvalue weighted by molar-refractivity contribution is 5.71. The number of carbonyl (C=O) groups is 3. The summed E-state index contributed by atoms with van der Waals surface area (Å²) in [5, 5.41) is 0. The van der Waals surface area contributed by atoms with Gasteiger partial charge in [0.25, 0.3) is 0 Å². The summed E-state index contributed by atoms with van der Waals surface area (Å²) in [4.78, 5) is 38.5. The first-order chi connectivity index (χ1) is 40.0. The number of hydrogen-bond acceptors (Lipinski definition) is 6. The van der Waals surface area contributed by atoms with Crippen LogP contribution in [0.4, 0.5) is 0 Å². The van der Waals surface area contributed by atoms with Crippen molar-refractivity contribution < 1.29 is 28.6 Å². The van der Waals surface area contributed by atoms with Crippen LogP contribution >= 0.6 is 0 Å². The van der Waals surface area contributed by atoms with E-state index in [1.807, 2.05) is 0 Å². The Hall–Kier alpha value is -1.85. The maximum Gasteiger partial charge on any atom is 0.306 e. The van der Waals surface area contributed by atoms with Gasteiger partial charge in [0, 0.05) is 19.3 Å².